The molecule has 0 amide bonds. The predicted octanol–water partition coefficient (Wildman–Crippen LogP) is 7.77. The van der Waals surface area contributed by atoms with E-state index in [0.29, 0.717) is 33.9 Å². The standard InChI is InChI=1S/C29H25ClF3N5O2S/c1-29(2,17-4-9-23(30)26(10-17)39-3)27-14-34-28(38(27)20-7-5-18(31)6-8-20)41-16-22-24(32)11-21(12-25(22)33)40-15-19-13-35-37-36-19/h4-12,14H,13,15-16H2,1-3H3. The van der Waals surface area contributed by atoms with Gasteiger partial charge in [0.05, 0.1) is 24.0 Å². The van der Waals surface area contributed by atoms with Gasteiger partial charge in [-0.15, -0.1) is 5.10 Å². The van der Waals surface area contributed by atoms with Crippen molar-refractivity contribution in [2.24, 2.45) is 15.4 Å². The van der Waals surface area contributed by atoms with E-state index in [1.165, 1.54) is 12.1 Å². The lowest BCUT2D eigenvalue weighted by atomic mass is 9.81. The number of benzene rings is 3. The van der Waals surface area contributed by atoms with Gasteiger partial charge in [-0.2, -0.15) is 5.11 Å². The van der Waals surface area contributed by atoms with Crippen molar-refractivity contribution in [3.8, 4) is 17.2 Å². The van der Waals surface area contributed by atoms with Crippen LogP contribution in [0.3, 0.4) is 0 Å². The van der Waals surface area contributed by atoms with Crippen LogP contribution >= 0.6 is 23.4 Å². The smallest absolute Gasteiger partial charge is 0.173 e. The second kappa shape index (κ2) is 12.0. The molecule has 0 fully saturated rings. The maximum Gasteiger partial charge on any atom is 0.173 e. The van der Waals surface area contributed by atoms with E-state index in [-0.39, 0.29) is 29.5 Å². The minimum atomic E-state index is -0.746. The zero-order valence-electron chi connectivity index (χ0n) is 22.4. The van der Waals surface area contributed by atoms with Gasteiger partial charge in [0.1, 0.15) is 47.8 Å². The first-order chi connectivity index (χ1) is 19.7. The van der Waals surface area contributed by atoms with E-state index in [0.717, 1.165) is 35.2 Å². The third-order valence-electron chi connectivity index (χ3n) is 6.70. The maximum atomic E-state index is 15.0. The lowest BCUT2D eigenvalue weighted by molar-refractivity contribution is 0.369. The van der Waals surface area contributed by atoms with Crippen LogP contribution in [0.15, 0.2) is 81.4 Å². The van der Waals surface area contributed by atoms with E-state index in [9.17, 15) is 4.39 Å². The maximum absolute atomic E-state index is 15.0. The molecule has 1 aromatic heterocycles. The first kappa shape index (κ1) is 28.7. The Balaban J connectivity index is 1.45. The number of nitrogens with zero attached hydrogens (tertiary/aromatic N) is 5. The summed E-state index contributed by atoms with van der Waals surface area (Å²) in [6, 6.07) is 13.8. The molecule has 0 saturated carbocycles. The van der Waals surface area contributed by atoms with Crippen LogP contribution in [0.25, 0.3) is 5.69 Å². The van der Waals surface area contributed by atoms with Gasteiger partial charge in [-0.05, 0) is 47.2 Å². The van der Waals surface area contributed by atoms with Gasteiger partial charge >= 0.3 is 0 Å². The minimum Gasteiger partial charge on any atom is -0.495 e. The molecule has 3 aromatic carbocycles. The molecule has 1 aliphatic rings. The zero-order chi connectivity index (χ0) is 29.1. The van der Waals surface area contributed by atoms with Crippen LogP contribution in [0, 0.1) is 17.5 Å². The van der Waals surface area contributed by atoms with Crippen molar-refractivity contribution in [2.75, 3.05) is 20.3 Å². The predicted molar refractivity (Wildman–Crippen MR) is 152 cm³/mol. The van der Waals surface area contributed by atoms with E-state index in [1.54, 1.807) is 31.5 Å². The molecular formula is C29H25ClF3N5O2S. The number of ether oxygens (including phenoxy) is 2. The van der Waals surface area contributed by atoms with Gasteiger partial charge < -0.3 is 9.47 Å². The van der Waals surface area contributed by atoms with Crippen LogP contribution in [0.2, 0.25) is 5.02 Å². The molecule has 212 valence electrons. The molecule has 0 unspecified atom stereocenters. The summed E-state index contributed by atoms with van der Waals surface area (Å²) in [6.45, 7) is 4.36. The summed E-state index contributed by atoms with van der Waals surface area (Å²) < 4.78 is 56.6. The Kier molecular flexibility index (Phi) is 8.37. The SMILES string of the molecule is COc1cc(C(C)(C)c2cnc(SCc3c(F)cc(OCC4=NN=NC4)cc3F)n2-c2ccc(F)cc2)ccc1Cl. The second-order valence-corrected chi connectivity index (χ2v) is 11.1. The Hall–Kier alpha value is -3.83. The summed E-state index contributed by atoms with van der Waals surface area (Å²) >= 11 is 7.41. The lowest BCUT2D eigenvalue weighted by Gasteiger charge is -2.28. The van der Waals surface area contributed by atoms with Crippen LogP contribution in [-0.4, -0.2) is 35.5 Å². The van der Waals surface area contributed by atoms with E-state index in [1.807, 2.05) is 30.5 Å². The molecule has 0 atom stereocenters. The highest BCUT2D eigenvalue weighted by molar-refractivity contribution is 7.98. The fourth-order valence-electron chi connectivity index (χ4n) is 4.33. The second-order valence-electron chi connectivity index (χ2n) is 9.71. The number of aromatic nitrogens is 2. The number of thioether (sulfide) groups is 1. The first-order valence-electron chi connectivity index (χ1n) is 12.5. The van der Waals surface area contributed by atoms with Crippen molar-refractivity contribution in [1.82, 2.24) is 9.55 Å². The van der Waals surface area contributed by atoms with Gasteiger partial charge in [0, 0.05) is 34.6 Å². The Morgan fingerprint density at radius 1 is 1.02 bits per heavy atom. The van der Waals surface area contributed by atoms with E-state index >= 15 is 8.78 Å². The monoisotopic (exact) mass is 599 g/mol. The van der Waals surface area contributed by atoms with Crippen LogP contribution in [-0.2, 0) is 11.2 Å². The Labute approximate surface area is 244 Å². The molecular weight excluding hydrogens is 575 g/mol. The molecule has 0 aliphatic carbocycles. The van der Waals surface area contributed by atoms with Crippen LogP contribution in [0.5, 0.6) is 11.5 Å². The van der Waals surface area contributed by atoms with Crippen molar-refractivity contribution < 1.29 is 22.6 Å². The van der Waals surface area contributed by atoms with Gasteiger partial charge in [0.2, 0.25) is 0 Å². The molecule has 0 saturated heterocycles. The minimum absolute atomic E-state index is 0.0349. The molecule has 4 aromatic rings. The number of imidazole rings is 1. The van der Waals surface area contributed by atoms with E-state index in [4.69, 9.17) is 21.1 Å². The van der Waals surface area contributed by atoms with Gasteiger partial charge in [0.15, 0.2) is 5.16 Å². The molecule has 0 radical (unpaired) electrons. The van der Waals surface area contributed by atoms with Crippen molar-refractivity contribution in [1.29, 1.82) is 0 Å². The van der Waals surface area contributed by atoms with E-state index < -0.39 is 17.0 Å². The molecule has 0 spiro atoms. The molecule has 1 aliphatic heterocycles. The van der Waals surface area contributed by atoms with E-state index in [2.05, 4.69) is 20.4 Å². The lowest BCUT2D eigenvalue weighted by Crippen LogP contribution is -2.23. The number of methoxy groups -OCH3 is 1. The fraction of sp³-hybridized carbons (Fsp3) is 0.241. The van der Waals surface area contributed by atoms with Gasteiger partial charge in [-0.1, -0.05) is 43.3 Å². The van der Waals surface area contributed by atoms with Crippen LogP contribution in [0.4, 0.5) is 13.2 Å². The van der Waals surface area contributed by atoms with Crippen LogP contribution < -0.4 is 9.47 Å². The number of rotatable bonds is 10. The quantitative estimate of drug-likeness (QED) is 0.175. The molecule has 5 rings (SSSR count). The summed E-state index contributed by atoms with van der Waals surface area (Å²) in [4.78, 5) is 4.61. The van der Waals surface area contributed by atoms with Crippen molar-refractivity contribution in [3.05, 3.63) is 100 Å². The number of hydrogen-bond acceptors (Lipinski definition) is 7. The fourth-order valence-corrected chi connectivity index (χ4v) is 5.54. The highest BCUT2D eigenvalue weighted by Gasteiger charge is 2.30. The van der Waals surface area contributed by atoms with Crippen LogP contribution in [0.1, 0.15) is 30.7 Å². The Bertz CT molecular complexity index is 1620. The molecule has 7 nitrogen and oxygen atoms in total. The molecule has 41 heavy (non-hydrogen) atoms. The molecule has 0 N–H and O–H groups in total. The van der Waals surface area contributed by atoms with Gasteiger partial charge in [0.25, 0.3) is 0 Å². The first-order valence-corrected chi connectivity index (χ1v) is 13.9. The normalized spacial score (nSPS) is 13.0. The summed E-state index contributed by atoms with van der Waals surface area (Å²) in [7, 11) is 1.54. The van der Waals surface area contributed by atoms with Crippen molar-refractivity contribution in [3.63, 3.8) is 0 Å². The highest BCUT2D eigenvalue weighted by Crippen LogP contribution is 2.39. The van der Waals surface area contributed by atoms with Crippen molar-refractivity contribution in [2.45, 2.75) is 30.2 Å². The Morgan fingerprint density at radius 2 is 1.76 bits per heavy atom. The summed E-state index contributed by atoms with van der Waals surface area (Å²) in [5.74, 6) is -1.36. The summed E-state index contributed by atoms with van der Waals surface area (Å²) in [6.07, 6.45) is 1.71. The van der Waals surface area contributed by atoms with Crippen molar-refractivity contribution >= 4 is 29.1 Å². The largest absolute Gasteiger partial charge is 0.495 e. The molecule has 0 bridgehead atoms. The van der Waals surface area contributed by atoms with Gasteiger partial charge in [-0.3, -0.25) is 4.57 Å². The summed E-state index contributed by atoms with van der Waals surface area (Å²) in [5, 5.41) is 12.0. The summed E-state index contributed by atoms with van der Waals surface area (Å²) in [5.41, 5.74) is 2.15. The Morgan fingerprint density at radius 3 is 2.41 bits per heavy atom. The molecule has 2 heterocycles. The topological polar surface area (TPSA) is 73.4 Å². The van der Waals surface area contributed by atoms with Gasteiger partial charge in [-0.25, -0.2) is 18.2 Å². The number of halogens is 4. The zero-order valence-corrected chi connectivity index (χ0v) is 23.9. The molecule has 12 heteroatoms. The third kappa shape index (κ3) is 6.11. The third-order valence-corrected chi connectivity index (χ3v) is 7.99. The number of hydrogen-bond donors (Lipinski definition) is 0. The average molecular weight is 600 g/mol. The average Bonchev–Trinajstić information content (AvgIpc) is 3.63. The highest BCUT2D eigenvalue weighted by atomic mass is 35.5.